The van der Waals surface area contributed by atoms with Crippen LogP contribution in [0.2, 0.25) is 5.02 Å². The molecule has 1 aromatic carbocycles. The standard InChI is InChI=1S/C13H16ClN3O2/c1-13(4-5-16-7-13)12(19)17-10-6-8(11(15)18)2-3-9(10)14/h2-3,6,16H,4-5,7H2,1H3,(H2,15,18)(H,17,19). The van der Waals surface area contributed by atoms with E-state index in [1.54, 1.807) is 6.07 Å². The highest BCUT2D eigenvalue weighted by Crippen LogP contribution is 2.29. The third-order valence-corrected chi connectivity index (χ3v) is 3.75. The van der Waals surface area contributed by atoms with Crippen molar-refractivity contribution >= 4 is 29.1 Å². The first-order valence-corrected chi connectivity index (χ1v) is 6.42. The summed E-state index contributed by atoms with van der Waals surface area (Å²) in [5, 5.41) is 6.31. The summed E-state index contributed by atoms with van der Waals surface area (Å²) in [6.45, 7) is 3.35. The second kappa shape index (κ2) is 5.19. The third-order valence-electron chi connectivity index (χ3n) is 3.42. The maximum atomic E-state index is 12.2. The molecule has 0 aliphatic carbocycles. The van der Waals surface area contributed by atoms with Gasteiger partial charge in [-0.3, -0.25) is 9.59 Å². The fraction of sp³-hybridized carbons (Fsp3) is 0.385. The lowest BCUT2D eigenvalue weighted by atomic mass is 9.88. The second-order valence-corrected chi connectivity index (χ2v) is 5.41. The first-order valence-electron chi connectivity index (χ1n) is 6.04. The van der Waals surface area contributed by atoms with E-state index in [-0.39, 0.29) is 5.91 Å². The Bertz CT molecular complexity index is 525. The number of benzene rings is 1. The number of hydrogen-bond acceptors (Lipinski definition) is 3. The lowest BCUT2D eigenvalue weighted by molar-refractivity contribution is -0.123. The minimum absolute atomic E-state index is 0.110. The quantitative estimate of drug-likeness (QED) is 0.782. The largest absolute Gasteiger partial charge is 0.366 e. The van der Waals surface area contributed by atoms with Gasteiger partial charge in [-0.05, 0) is 38.1 Å². The Morgan fingerprint density at radius 1 is 1.47 bits per heavy atom. The fourth-order valence-corrected chi connectivity index (χ4v) is 2.22. The molecule has 1 heterocycles. The fourth-order valence-electron chi connectivity index (χ4n) is 2.06. The van der Waals surface area contributed by atoms with E-state index in [4.69, 9.17) is 17.3 Å². The monoisotopic (exact) mass is 281 g/mol. The van der Waals surface area contributed by atoms with Gasteiger partial charge in [0, 0.05) is 12.1 Å². The van der Waals surface area contributed by atoms with Crippen molar-refractivity contribution in [3.8, 4) is 0 Å². The average Bonchev–Trinajstić information content (AvgIpc) is 2.80. The number of hydrogen-bond donors (Lipinski definition) is 3. The summed E-state index contributed by atoms with van der Waals surface area (Å²) in [5.41, 5.74) is 5.48. The van der Waals surface area contributed by atoms with Crippen LogP contribution in [0.4, 0.5) is 5.69 Å². The average molecular weight is 282 g/mol. The Kier molecular flexibility index (Phi) is 3.78. The van der Waals surface area contributed by atoms with E-state index >= 15 is 0 Å². The Morgan fingerprint density at radius 2 is 2.21 bits per heavy atom. The van der Waals surface area contributed by atoms with Gasteiger partial charge in [0.1, 0.15) is 0 Å². The zero-order chi connectivity index (χ0) is 14.0. The van der Waals surface area contributed by atoms with E-state index < -0.39 is 11.3 Å². The summed E-state index contributed by atoms with van der Waals surface area (Å²) in [7, 11) is 0. The van der Waals surface area contributed by atoms with Crippen molar-refractivity contribution in [3.05, 3.63) is 28.8 Å². The molecule has 2 amide bonds. The zero-order valence-electron chi connectivity index (χ0n) is 10.6. The number of carbonyl (C=O) groups excluding carboxylic acids is 2. The topological polar surface area (TPSA) is 84.2 Å². The Labute approximate surface area is 116 Å². The number of nitrogens with two attached hydrogens (primary N) is 1. The van der Waals surface area contributed by atoms with Crippen molar-refractivity contribution in [1.82, 2.24) is 5.32 Å². The van der Waals surface area contributed by atoms with Crippen molar-refractivity contribution in [2.45, 2.75) is 13.3 Å². The smallest absolute Gasteiger partial charge is 0.248 e. The molecule has 0 saturated carbocycles. The van der Waals surface area contributed by atoms with Crippen LogP contribution >= 0.6 is 11.6 Å². The lowest BCUT2D eigenvalue weighted by Crippen LogP contribution is -2.35. The summed E-state index contributed by atoms with van der Waals surface area (Å²) in [5.74, 6) is -0.665. The number of amides is 2. The van der Waals surface area contributed by atoms with Gasteiger partial charge in [0.15, 0.2) is 0 Å². The van der Waals surface area contributed by atoms with Gasteiger partial charge in [0.2, 0.25) is 11.8 Å². The van der Waals surface area contributed by atoms with Crippen LogP contribution in [0, 0.1) is 5.41 Å². The van der Waals surface area contributed by atoms with Crippen molar-refractivity contribution in [1.29, 1.82) is 0 Å². The van der Waals surface area contributed by atoms with Crippen LogP contribution < -0.4 is 16.4 Å². The molecule has 0 radical (unpaired) electrons. The summed E-state index contributed by atoms with van der Waals surface area (Å²) in [6.07, 6.45) is 0.770. The molecule has 1 fully saturated rings. The first kappa shape index (κ1) is 13.8. The summed E-state index contributed by atoms with van der Waals surface area (Å²) in [6, 6.07) is 4.57. The van der Waals surface area contributed by atoms with Crippen LogP contribution in [0.15, 0.2) is 18.2 Å². The van der Waals surface area contributed by atoms with Crippen LogP contribution in [0.3, 0.4) is 0 Å². The molecule has 1 aliphatic heterocycles. The van der Waals surface area contributed by atoms with E-state index in [1.165, 1.54) is 12.1 Å². The molecule has 0 bridgehead atoms. The molecule has 0 aromatic heterocycles. The molecule has 5 nitrogen and oxygen atoms in total. The molecule has 0 spiro atoms. The predicted molar refractivity (Wildman–Crippen MR) is 74.2 cm³/mol. The Morgan fingerprint density at radius 3 is 2.79 bits per heavy atom. The molecule has 4 N–H and O–H groups in total. The maximum absolute atomic E-state index is 12.2. The SMILES string of the molecule is CC1(C(=O)Nc2cc(C(N)=O)ccc2Cl)CCNC1. The van der Waals surface area contributed by atoms with Gasteiger partial charge >= 0.3 is 0 Å². The molecule has 102 valence electrons. The van der Waals surface area contributed by atoms with Crippen molar-refractivity contribution in [2.24, 2.45) is 11.1 Å². The number of anilines is 1. The minimum Gasteiger partial charge on any atom is -0.366 e. The van der Waals surface area contributed by atoms with E-state index in [0.29, 0.717) is 22.8 Å². The van der Waals surface area contributed by atoms with Gasteiger partial charge in [-0.1, -0.05) is 11.6 Å². The van der Waals surface area contributed by atoms with Crippen molar-refractivity contribution < 1.29 is 9.59 Å². The normalized spacial score (nSPS) is 22.2. The molecule has 1 aliphatic rings. The highest BCUT2D eigenvalue weighted by molar-refractivity contribution is 6.34. The molecule has 6 heteroatoms. The summed E-state index contributed by atoms with van der Waals surface area (Å²) in [4.78, 5) is 23.4. The van der Waals surface area contributed by atoms with E-state index in [1.807, 2.05) is 6.92 Å². The predicted octanol–water partition coefficient (Wildman–Crippen LogP) is 1.38. The third kappa shape index (κ3) is 2.88. The number of carbonyl (C=O) groups is 2. The minimum atomic E-state index is -0.555. The second-order valence-electron chi connectivity index (χ2n) is 5.00. The van der Waals surface area contributed by atoms with Crippen molar-refractivity contribution in [3.63, 3.8) is 0 Å². The van der Waals surface area contributed by atoms with Gasteiger partial charge in [0.05, 0.1) is 16.1 Å². The number of nitrogens with one attached hydrogen (secondary N) is 2. The van der Waals surface area contributed by atoms with Gasteiger partial charge in [-0.2, -0.15) is 0 Å². The summed E-state index contributed by atoms with van der Waals surface area (Å²) < 4.78 is 0. The van der Waals surface area contributed by atoms with Gasteiger partial charge in [0.25, 0.3) is 0 Å². The molecule has 1 saturated heterocycles. The summed E-state index contributed by atoms with van der Waals surface area (Å²) >= 11 is 6.01. The van der Waals surface area contributed by atoms with Crippen molar-refractivity contribution in [2.75, 3.05) is 18.4 Å². The van der Waals surface area contributed by atoms with Gasteiger partial charge in [-0.15, -0.1) is 0 Å². The zero-order valence-corrected chi connectivity index (χ0v) is 11.4. The first-order chi connectivity index (χ1) is 8.92. The van der Waals surface area contributed by atoms with Gasteiger partial charge in [-0.25, -0.2) is 0 Å². The van der Waals surface area contributed by atoms with E-state index in [9.17, 15) is 9.59 Å². The molecule has 1 atom stereocenters. The maximum Gasteiger partial charge on any atom is 0.248 e. The van der Waals surface area contributed by atoms with Crippen LogP contribution in [0.5, 0.6) is 0 Å². The van der Waals surface area contributed by atoms with Crippen LogP contribution in [0.25, 0.3) is 0 Å². The highest BCUT2D eigenvalue weighted by atomic mass is 35.5. The molecular formula is C13H16ClN3O2. The highest BCUT2D eigenvalue weighted by Gasteiger charge is 2.36. The number of rotatable bonds is 3. The molecule has 2 rings (SSSR count). The number of primary amides is 1. The molecular weight excluding hydrogens is 266 g/mol. The molecule has 19 heavy (non-hydrogen) atoms. The van der Waals surface area contributed by atoms with E-state index in [0.717, 1.165) is 13.0 Å². The lowest BCUT2D eigenvalue weighted by Gasteiger charge is -2.22. The number of halogens is 1. The Balaban J connectivity index is 2.20. The van der Waals surface area contributed by atoms with Gasteiger partial charge < -0.3 is 16.4 Å². The van der Waals surface area contributed by atoms with Crippen LogP contribution in [0.1, 0.15) is 23.7 Å². The van der Waals surface area contributed by atoms with Crippen LogP contribution in [-0.4, -0.2) is 24.9 Å². The van der Waals surface area contributed by atoms with Crippen LogP contribution in [-0.2, 0) is 4.79 Å². The van der Waals surface area contributed by atoms with E-state index in [2.05, 4.69) is 10.6 Å². The Hall–Kier alpha value is -1.59. The molecule has 1 unspecified atom stereocenters. The molecule has 1 aromatic rings.